The van der Waals surface area contributed by atoms with Crippen LogP contribution in [0.4, 0.5) is 0 Å². The van der Waals surface area contributed by atoms with E-state index in [1.54, 1.807) is 11.3 Å². The lowest BCUT2D eigenvalue weighted by Gasteiger charge is -2.34. The summed E-state index contributed by atoms with van der Waals surface area (Å²) in [4.78, 5) is 11.1. The fourth-order valence-electron chi connectivity index (χ4n) is 2.90. The van der Waals surface area contributed by atoms with Gasteiger partial charge in [-0.15, -0.1) is 16.4 Å². The number of nitrogens with zero attached hydrogens (tertiary/aromatic N) is 2. The maximum atomic E-state index is 6.24. The summed E-state index contributed by atoms with van der Waals surface area (Å²) >= 11 is 1.73. The van der Waals surface area contributed by atoms with Crippen LogP contribution in [0.2, 0.25) is 0 Å². The summed E-state index contributed by atoms with van der Waals surface area (Å²) in [5.41, 5.74) is 2.01. The van der Waals surface area contributed by atoms with Crippen LogP contribution in [-0.4, -0.2) is 15.6 Å². The number of hydrogen-bond acceptors (Lipinski definition) is 4. The predicted octanol–water partition coefficient (Wildman–Crippen LogP) is 5.42. The van der Waals surface area contributed by atoms with Crippen molar-refractivity contribution in [2.24, 2.45) is 0 Å². The maximum Gasteiger partial charge on any atom is 0.152 e. The number of hydrogen-bond donors (Lipinski definition) is 0. The van der Waals surface area contributed by atoms with E-state index in [1.165, 1.54) is 4.70 Å². The van der Waals surface area contributed by atoms with E-state index in [9.17, 15) is 0 Å². The van der Waals surface area contributed by atoms with Crippen LogP contribution in [0.25, 0.3) is 16.0 Å². The average Bonchev–Trinajstić information content (AvgIpc) is 3.19. The van der Waals surface area contributed by atoms with E-state index in [2.05, 4.69) is 57.2 Å². The Bertz CT molecular complexity index is 860. The van der Waals surface area contributed by atoms with E-state index in [-0.39, 0.29) is 11.6 Å². The van der Waals surface area contributed by atoms with Crippen molar-refractivity contribution >= 4 is 27.3 Å². The van der Waals surface area contributed by atoms with Gasteiger partial charge in [0.15, 0.2) is 5.76 Å². The van der Waals surface area contributed by atoms with Crippen LogP contribution in [0, 0.1) is 0 Å². The predicted molar refractivity (Wildman–Crippen MR) is 99.5 cm³/mol. The number of benzene rings is 2. The second-order valence-corrected chi connectivity index (χ2v) is 8.01. The van der Waals surface area contributed by atoms with Crippen molar-refractivity contribution in [3.63, 3.8) is 0 Å². The molecule has 0 saturated heterocycles. The first kappa shape index (κ1) is 15.4. The van der Waals surface area contributed by atoms with Crippen LogP contribution >= 0.6 is 11.3 Å². The van der Waals surface area contributed by atoms with Crippen LogP contribution in [-0.2, 0) is 4.84 Å². The molecule has 4 heteroatoms. The van der Waals surface area contributed by atoms with Crippen LogP contribution in [0.5, 0.6) is 0 Å². The largest absolute Gasteiger partial charge is 0.404 e. The van der Waals surface area contributed by atoms with E-state index in [1.807, 2.05) is 29.3 Å². The van der Waals surface area contributed by atoms with Gasteiger partial charge in [0.1, 0.15) is 11.0 Å². The van der Waals surface area contributed by atoms with Crippen molar-refractivity contribution in [3.05, 3.63) is 71.2 Å². The minimum absolute atomic E-state index is 0.0256. The summed E-state index contributed by atoms with van der Waals surface area (Å²) in [5.74, 6) is 0.898. The molecule has 0 fully saturated rings. The van der Waals surface area contributed by atoms with E-state index >= 15 is 0 Å². The van der Waals surface area contributed by atoms with Crippen molar-refractivity contribution in [1.82, 2.24) is 10.0 Å². The fraction of sp³-hybridized carbons (Fsp3) is 0.250. The van der Waals surface area contributed by atoms with E-state index in [0.717, 1.165) is 21.8 Å². The molecule has 0 spiro atoms. The molecule has 1 atom stereocenters. The minimum Gasteiger partial charge on any atom is -0.404 e. The quantitative estimate of drug-likeness (QED) is 0.624. The number of fused-ring (bicyclic) bond motifs is 1. The van der Waals surface area contributed by atoms with Crippen molar-refractivity contribution < 1.29 is 4.84 Å². The molecule has 0 amide bonds. The van der Waals surface area contributed by atoms with Crippen LogP contribution in [0.3, 0.4) is 0 Å². The smallest absolute Gasteiger partial charge is 0.152 e. The van der Waals surface area contributed by atoms with Crippen molar-refractivity contribution in [1.29, 1.82) is 0 Å². The molecular weight excluding hydrogens is 316 g/mol. The number of rotatable bonds is 2. The average molecular weight is 336 g/mol. The topological polar surface area (TPSA) is 25.4 Å². The lowest BCUT2D eigenvalue weighted by molar-refractivity contribution is -0.156. The molecule has 1 aliphatic heterocycles. The Labute approximate surface area is 146 Å². The highest BCUT2D eigenvalue weighted by molar-refractivity contribution is 7.18. The zero-order chi connectivity index (χ0) is 16.7. The highest BCUT2D eigenvalue weighted by atomic mass is 32.1. The first-order valence-electron chi connectivity index (χ1n) is 8.12. The molecule has 1 aliphatic rings. The number of hydroxylamine groups is 2. The Hall–Kier alpha value is -2.17. The highest BCUT2D eigenvalue weighted by Gasteiger charge is 2.38. The molecule has 24 heavy (non-hydrogen) atoms. The first-order chi connectivity index (χ1) is 11.5. The molecular formula is C20H20N2OS. The Balaban J connectivity index is 1.78. The van der Waals surface area contributed by atoms with Gasteiger partial charge in [0.05, 0.1) is 10.2 Å². The third-order valence-corrected chi connectivity index (χ3v) is 5.15. The van der Waals surface area contributed by atoms with Gasteiger partial charge < -0.3 is 4.84 Å². The molecule has 0 bridgehead atoms. The maximum absolute atomic E-state index is 6.24. The zero-order valence-electron chi connectivity index (χ0n) is 14.1. The molecule has 4 rings (SSSR count). The molecule has 0 aliphatic carbocycles. The van der Waals surface area contributed by atoms with E-state index in [0.29, 0.717) is 0 Å². The van der Waals surface area contributed by atoms with Crippen LogP contribution < -0.4 is 0 Å². The Morgan fingerprint density at radius 2 is 1.71 bits per heavy atom. The van der Waals surface area contributed by atoms with E-state index < -0.39 is 0 Å². The van der Waals surface area contributed by atoms with Gasteiger partial charge in [-0.2, -0.15) is 0 Å². The molecule has 1 unspecified atom stereocenters. The van der Waals surface area contributed by atoms with Gasteiger partial charge in [-0.1, -0.05) is 42.5 Å². The molecule has 2 heterocycles. The SMILES string of the molecule is CC(C)(C)N1OC(c2ccccc2)=CC1c1nc2ccccc2s1. The Morgan fingerprint density at radius 1 is 1.00 bits per heavy atom. The summed E-state index contributed by atoms with van der Waals surface area (Å²) in [6.45, 7) is 6.49. The Morgan fingerprint density at radius 3 is 2.42 bits per heavy atom. The lowest BCUT2D eigenvalue weighted by atomic mass is 10.1. The van der Waals surface area contributed by atoms with Gasteiger partial charge in [-0.25, -0.2) is 4.98 Å². The molecule has 2 aromatic carbocycles. The molecule has 0 N–H and O–H groups in total. The normalized spacial score (nSPS) is 18.6. The molecule has 3 aromatic rings. The Kier molecular flexibility index (Phi) is 3.66. The summed E-state index contributed by atoms with van der Waals surface area (Å²) in [5, 5.41) is 3.12. The third kappa shape index (κ3) is 2.72. The number of para-hydroxylation sites is 1. The second-order valence-electron chi connectivity index (χ2n) is 6.95. The molecule has 1 aromatic heterocycles. The molecule has 0 saturated carbocycles. The number of aromatic nitrogens is 1. The van der Waals surface area contributed by atoms with E-state index in [4.69, 9.17) is 9.82 Å². The van der Waals surface area contributed by atoms with Gasteiger partial charge in [-0.05, 0) is 39.0 Å². The monoisotopic (exact) mass is 336 g/mol. The van der Waals surface area contributed by atoms with Crippen molar-refractivity contribution in [2.45, 2.75) is 32.4 Å². The molecule has 0 radical (unpaired) electrons. The third-order valence-electron chi connectivity index (χ3n) is 4.04. The zero-order valence-corrected chi connectivity index (χ0v) is 14.9. The van der Waals surface area contributed by atoms with Crippen LogP contribution in [0.15, 0.2) is 60.7 Å². The molecule has 3 nitrogen and oxygen atoms in total. The minimum atomic E-state index is -0.129. The van der Waals surface area contributed by atoms with Gasteiger partial charge >= 0.3 is 0 Å². The lowest BCUT2D eigenvalue weighted by Crippen LogP contribution is -2.40. The molecule has 122 valence electrons. The standard InChI is InChI=1S/C20H20N2OS/c1-20(2,3)22-16(13-17(23-22)14-9-5-4-6-10-14)19-21-15-11-7-8-12-18(15)24-19/h4-13,16H,1-3H3. The summed E-state index contributed by atoms with van der Waals surface area (Å²) in [6.07, 6.45) is 2.18. The summed E-state index contributed by atoms with van der Waals surface area (Å²) in [7, 11) is 0. The summed E-state index contributed by atoms with van der Waals surface area (Å²) in [6, 6.07) is 18.5. The van der Waals surface area contributed by atoms with Gasteiger partial charge in [0, 0.05) is 11.1 Å². The number of thiazole rings is 1. The van der Waals surface area contributed by atoms with Gasteiger partial charge in [-0.3, -0.25) is 0 Å². The first-order valence-corrected chi connectivity index (χ1v) is 8.94. The van der Waals surface area contributed by atoms with Gasteiger partial charge in [0.2, 0.25) is 0 Å². The van der Waals surface area contributed by atoms with Crippen molar-refractivity contribution in [3.8, 4) is 0 Å². The highest BCUT2D eigenvalue weighted by Crippen LogP contribution is 2.42. The second kappa shape index (κ2) is 5.72. The van der Waals surface area contributed by atoms with Gasteiger partial charge in [0.25, 0.3) is 0 Å². The summed E-state index contributed by atoms with van der Waals surface area (Å²) < 4.78 is 1.21. The van der Waals surface area contributed by atoms with Crippen molar-refractivity contribution in [2.75, 3.05) is 0 Å². The van der Waals surface area contributed by atoms with Crippen LogP contribution in [0.1, 0.15) is 37.4 Å². The fourth-order valence-corrected chi connectivity index (χ4v) is 3.92.